The molecule has 3 fully saturated rings. The van der Waals surface area contributed by atoms with Gasteiger partial charge in [-0.15, -0.1) is 0 Å². The van der Waals surface area contributed by atoms with Crippen molar-refractivity contribution in [3.63, 3.8) is 0 Å². The zero-order chi connectivity index (χ0) is 26.0. The summed E-state index contributed by atoms with van der Waals surface area (Å²) in [7, 11) is 0. The SMILES string of the molecule is CCOC(=O)[C@H](C)C[C@H](C[C@@H]1CCNC1=O)NC[C@H](Cc1ccccc1)NCO[C@H]1CO[C@H]2OCC[C@H]21. The van der Waals surface area contributed by atoms with Gasteiger partial charge in [0.2, 0.25) is 5.91 Å². The summed E-state index contributed by atoms with van der Waals surface area (Å²) in [6, 6.07) is 10.5. The van der Waals surface area contributed by atoms with Crippen LogP contribution in [-0.2, 0) is 35.0 Å². The first-order valence-corrected chi connectivity index (χ1v) is 13.8. The third-order valence-electron chi connectivity index (χ3n) is 7.69. The van der Waals surface area contributed by atoms with E-state index in [1.807, 2.05) is 19.9 Å². The molecule has 9 nitrogen and oxygen atoms in total. The summed E-state index contributed by atoms with van der Waals surface area (Å²) in [6.07, 6.45) is 3.88. The number of carbonyl (C=O) groups is 2. The third kappa shape index (κ3) is 8.22. The lowest BCUT2D eigenvalue weighted by atomic mass is 9.91. The smallest absolute Gasteiger partial charge is 0.308 e. The Morgan fingerprint density at radius 3 is 2.76 bits per heavy atom. The molecule has 3 aliphatic heterocycles. The van der Waals surface area contributed by atoms with Crippen molar-refractivity contribution >= 4 is 11.9 Å². The van der Waals surface area contributed by atoms with Crippen LogP contribution in [0.4, 0.5) is 0 Å². The molecule has 7 atom stereocenters. The summed E-state index contributed by atoms with van der Waals surface area (Å²) in [4.78, 5) is 24.6. The maximum atomic E-state index is 12.3. The molecular formula is C28H43N3O6. The molecule has 0 aromatic heterocycles. The molecule has 1 amide bonds. The molecule has 37 heavy (non-hydrogen) atoms. The second kappa shape index (κ2) is 14.2. The van der Waals surface area contributed by atoms with E-state index in [0.29, 0.717) is 45.2 Å². The Balaban J connectivity index is 1.35. The Bertz CT molecular complexity index is 856. The molecule has 206 valence electrons. The lowest BCUT2D eigenvalue weighted by Crippen LogP contribution is -2.46. The molecule has 0 saturated carbocycles. The van der Waals surface area contributed by atoms with Crippen LogP contribution in [0.2, 0.25) is 0 Å². The van der Waals surface area contributed by atoms with E-state index in [9.17, 15) is 9.59 Å². The molecule has 0 radical (unpaired) electrons. The lowest BCUT2D eigenvalue weighted by molar-refractivity contribution is -0.147. The van der Waals surface area contributed by atoms with E-state index >= 15 is 0 Å². The van der Waals surface area contributed by atoms with Gasteiger partial charge in [-0.2, -0.15) is 0 Å². The van der Waals surface area contributed by atoms with Crippen molar-refractivity contribution < 1.29 is 28.5 Å². The number of nitrogens with one attached hydrogen (secondary N) is 3. The molecule has 4 rings (SSSR count). The summed E-state index contributed by atoms with van der Waals surface area (Å²) in [5, 5.41) is 10.2. The van der Waals surface area contributed by atoms with Gasteiger partial charge in [0.25, 0.3) is 0 Å². The maximum absolute atomic E-state index is 12.3. The van der Waals surface area contributed by atoms with Crippen molar-refractivity contribution in [2.45, 2.75) is 70.4 Å². The Hall–Kier alpha value is -2.04. The van der Waals surface area contributed by atoms with Crippen LogP contribution in [0, 0.1) is 17.8 Å². The molecule has 1 aromatic rings. The van der Waals surface area contributed by atoms with E-state index in [2.05, 4.69) is 40.2 Å². The Morgan fingerprint density at radius 1 is 1.16 bits per heavy atom. The molecule has 0 aliphatic carbocycles. The monoisotopic (exact) mass is 517 g/mol. The minimum atomic E-state index is -0.241. The van der Waals surface area contributed by atoms with Gasteiger partial charge in [-0.25, -0.2) is 0 Å². The molecule has 0 unspecified atom stereocenters. The summed E-state index contributed by atoms with van der Waals surface area (Å²) in [6.45, 7) is 7.21. The van der Waals surface area contributed by atoms with Crippen molar-refractivity contribution in [3.8, 4) is 0 Å². The normalized spacial score (nSPS) is 27.5. The minimum absolute atomic E-state index is 0.0221. The van der Waals surface area contributed by atoms with Crippen LogP contribution in [0.15, 0.2) is 30.3 Å². The van der Waals surface area contributed by atoms with E-state index in [1.54, 1.807) is 0 Å². The molecule has 0 spiro atoms. The van der Waals surface area contributed by atoms with E-state index in [1.165, 1.54) is 5.56 Å². The fraction of sp³-hybridized carbons (Fsp3) is 0.714. The third-order valence-corrected chi connectivity index (χ3v) is 7.69. The first-order valence-electron chi connectivity index (χ1n) is 13.8. The predicted molar refractivity (Wildman–Crippen MR) is 139 cm³/mol. The highest BCUT2D eigenvalue weighted by Crippen LogP contribution is 2.32. The maximum Gasteiger partial charge on any atom is 0.308 e. The topological polar surface area (TPSA) is 107 Å². The first kappa shape index (κ1) is 28.0. The molecule has 9 heteroatoms. The number of benzene rings is 1. The van der Waals surface area contributed by atoms with Crippen molar-refractivity contribution in [1.29, 1.82) is 0 Å². The van der Waals surface area contributed by atoms with E-state index in [4.69, 9.17) is 18.9 Å². The summed E-state index contributed by atoms with van der Waals surface area (Å²) < 4.78 is 22.7. The number of carbonyl (C=O) groups excluding carboxylic acids is 2. The van der Waals surface area contributed by atoms with Gasteiger partial charge in [0.1, 0.15) is 0 Å². The van der Waals surface area contributed by atoms with Crippen LogP contribution in [0.3, 0.4) is 0 Å². The summed E-state index contributed by atoms with van der Waals surface area (Å²) in [5.41, 5.74) is 1.24. The van der Waals surface area contributed by atoms with Gasteiger partial charge in [0.15, 0.2) is 6.29 Å². The fourth-order valence-corrected chi connectivity index (χ4v) is 5.58. The highest BCUT2D eigenvalue weighted by atomic mass is 16.7. The highest BCUT2D eigenvalue weighted by molar-refractivity contribution is 5.80. The van der Waals surface area contributed by atoms with E-state index in [0.717, 1.165) is 32.4 Å². The van der Waals surface area contributed by atoms with Gasteiger partial charge < -0.3 is 29.6 Å². The number of fused-ring (bicyclic) bond motifs is 1. The van der Waals surface area contributed by atoms with Crippen LogP contribution < -0.4 is 16.0 Å². The van der Waals surface area contributed by atoms with E-state index in [-0.39, 0.29) is 48.2 Å². The van der Waals surface area contributed by atoms with Gasteiger partial charge in [0, 0.05) is 37.0 Å². The van der Waals surface area contributed by atoms with Gasteiger partial charge in [0.05, 0.1) is 38.6 Å². The number of esters is 1. The highest BCUT2D eigenvalue weighted by Gasteiger charge is 2.42. The average Bonchev–Trinajstić information content (AvgIpc) is 3.62. The first-order chi connectivity index (χ1) is 18.0. The predicted octanol–water partition coefficient (Wildman–Crippen LogP) is 2.00. The molecule has 1 aromatic carbocycles. The van der Waals surface area contributed by atoms with Crippen LogP contribution in [0.1, 0.15) is 45.1 Å². The molecule has 3 saturated heterocycles. The number of ether oxygens (including phenoxy) is 4. The van der Waals surface area contributed by atoms with Crippen LogP contribution >= 0.6 is 0 Å². The molecular weight excluding hydrogens is 474 g/mol. The molecule has 3 aliphatic rings. The van der Waals surface area contributed by atoms with Crippen molar-refractivity contribution in [1.82, 2.24) is 16.0 Å². The Labute approximate surface area is 220 Å². The van der Waals surface area contributed by atoms with Gasteiger partial charge in [-0.3, -0.25) is 14.9 Å². The van der Waals surface area contributed by atoms with E-state index < -0.39 is 0 Å². The van der Waals surface area contributed by atoms with Crippen molar-refractivity contribution in [2.75, 3.05) is 39.6 Å². The van der Waals surface area contributed by atoms with Gasteiger partial charge >= 0.3 is 5.97 Å². The molecule has 0 bridgehead atoms. The molecule has 3 heterocycles. The van der Waals surface area contributed by atoms with Crippen molar-refractivity contribution in [2.24, 2.45) is 17.8 Å². The largest absolute Gasteiger partial charge is 0.466 e. The molecule has 3 N–H and O–H groups in total. The Morgan fingerprint density at radius 2 is 2.00 bits per heavy atom. The number of hydrogen-bond donors (Lipinski definition) is 3. The van der Waals surface area contributed by atoms with Crippen LogP contribution in [-0.4, -0.2) is 76.0 Å². The Kier molecular flexibility index (Phi) is 10.7. The number of hydrogen-bond acceptors (Lipinski definition) is 8. The second-order valence-corrected chi connectivity index (χ2v) is 10.5. The van der Waals surface area contributed by atoms with Crippen LogP contribution in [0.5, 0.6) is 0 Å². The second-order valence-electron chi connectivity index (χ2n) is 10.5. The standard InChI is InChI=1S/C28H43N3O6/c1-3-34-27(33)19(2)13-22(15-21-9-11-29-26(21)32)30-16-23(14-20-7-5-4-6-8-20)31-18-37-25-17-36-28-24(25)10-12-35-28/h4-8,19,21-25,28,30-31H,3,9-18H2,1-2H3,(H,29,32)/t19-,21+,22-,23+,24+,25+,28-/m1/s1. The summed E-state index contributed by atoms with van der Waals surface area (Å²) in [5.74, 6) is -0.0466. The van der Waals surface area contributed by atoms with Gasteiger partial charge in [-0.05, 0) is 44.6 Å². The number of amides is 1. The zero-order valence-electron chi connectivity index (χ0n) is 22.2. The average molecular weight is 518 g/mol. The lowest BCUT2D eigenvalue weighted by Gasteiger charge is -2.27. The minimum Gasteiger partial charge on any atom is -0.466 e. The summed E-state index contributed by atoms with van der Waals surface area (Å²) >= 11 is 0. The quantitative estimate of drug-likeness (QED) is 0.240. The van der Waals surface area contributed by atoms with Crippen molar-refractivity contribution in [3.05, 3.63) is 35.9 Å². The number of rotatable bonds is 15. The van der Waals surface area contributed by atoms with Crippen LogP contribution in [0.25, 0.3) is 0 Å². The fourth-order valence-electron chi connectivity index (χ4n) is 5.58. The zero-order valence-corrected chi connectivity index (χ0v) is 22.2. The van der Waals surface area contributed by atoms with Gasteiger partial charge in [-0.1, -0.05) is 37.3 Å².